The van der Waals surface area contributed by atoms with Gasteiger partial charge in [0, 0.05) is 6.08 Å². The molecule has 0 saturated carbocycles. The van der Waals surface area contributed by atoms with E-state index in [9.17, 15) is 9.59 Å². The summed E-state index contributed by atoms with van der Waals surface area (Å²) in [5.74, 6) is -0.00623. The number of carbonyl (C=O) groups is 2. The van der Waals surface area contributed by atoms with Crippen LogP contribution in [0, 0.1) is 0 Å². The first-order chi connectivity index (χ1) is 13.2. The first kappa shape index (κ1) is 16.7. The summed E-state index contributed by atoms with van der Waals surface area (Å²) >= 11 is 0. The molecule has 0 aliphatic carbocycles. The number of hydrogen-bond acceptors (Lipinski definition) is 4. The van der Waals surface area contributed by atoms with E-state index in [1.165, 1.54) is 6.08 Å². The van der Waals surface area contributed by atoms with E-state index in [0.29, 0.717) is 5.95 Å². The van der Waals surface area contributed by atoms with Crippen LogP contribution in [0.5, 0.6) is 0 Å². The van der Waals surface area contributed by atoms with Crippen LogP contribution in [0.4, 0.5) is 11.9 Å². The zero-order chi connectivity index (χ0) is 18.6. The number of hydrogen-bond donors (Lipinski definition) is 2. The maximum Gasteiger partial charge on any atom is 0.250 e. The Balaban J connectivity index is 1.53. The molecule has 1 aliphatic heterocycles. The summed E-state index contributed by atoms with van der Waals surface area (Å²) in [7, 11) is 0. The zero-order valence-corrected chi connectivity index (χ0v) is 14.4. The second-order valence-electron chi connectivity index (χ2n) is 6.12. The monoisotopic (exact) mass is 359 g/mol. The molecule has 2 N–H and O–H groups in total. The maximum atomic E-state index is 12.1. The third-order valence-corrected chi connectivity index (χ3v) is 4.20. The average molecular weight is 359 g/mol. The van der Waals surface area contributed by atoms with Crippen LogP contribution in [0.25, 0.3) is 6.08 Å². The Bertz CT molecular complexity index is 996. The lowest BCUT2D eigenvalue weighted by Crippen LogP contribution is -2.29. The van der Waals surface area contributed by atoms with E-state index in [0.717, 1.165) is 11.1 Å². The predicted octanol–water partition coefficient (Wildman–Crippen LogP) is 2.86. The smallest absolute Gasteiger partial charge is 0.250 e. The largest absolute Gasteiger partial charge is 0.295 e. The summed E-state index contributed by atoms with van der Waals surface area (Å²) in [6, 6.07) is 18.9. The Kier molecular flexibility index (Phi) is 4.49. The molecule has 2 amide bonds. The summed E-state index contributed by atoms with van der Waals surface area (Å²) < 4.78 is 1.63. The van der Waals surface area contributed by atoms with Gasteiger partial charge in [0.15, 0.2) is 0 Å². The minimum atomic E-state index is -0.343. The SMILES string of the molecule is O=C(/C=C/c1ccccc1)Nc1nc2n(n1)[C@@H](c1ccccc1)CC(=O)N2. The van der Waals surface area contributed by atoms with Crippen LogP contribution >= 0.6 is 0 Å². The molecule has 0 radical (unpaired) electrons. The Morgan fingerprint density at radius 1 is 1.11 bits per heavy atom. The summed E-state index contributed by atoms with van der Waals surface area (Å²) in [4.78, 5) is 28.4. The number of anilines is 2. The number of carbonyl (C=O) groups excluding carboxylic acids is 2. The molecule has 1 aliphatic rings. The Hall–Kier alpha value is -3.74. The highest BCUT2D eigenvalue weighted by Crippen LogP contribution is 2.29. The fourth-order valence-corrected chi connectivity index (χ4v) is 2.94. The van der Waals surface area contributed by atoms with Crippen LogP contribution in [-0.2, 0) is 9.59 Å². The lowest BCUT2D eigenvalue weighted by Gasteiger charge is -2.23. The van der Waals surface area contributed by atoms with Crippen molar-refractivity contribution in [2.24, 2.45) is 0 Å². The third kappa shape index (κ3) is 3.77. The minimum Gasteiger partial charge on any atom is -0.295 e. The van der Waals surface area contributed by atoms with Crippen molar-refractivity contribution in [2.45, 2.75) is 12.5 Å². The van der Waals surface area contributed by atoms with Gasteiger partial charge >= 0.3 is 0 Å². The normalized spacial score (nSPS) is 16.0. The Morgan fingerprint density at radius 3 is 2.56 bits per heavy atom. The molecule has 134 valence electrons. The standard InChI is InChI=1S/C20H17N5O2/c26-17(12-11-14-7-3-1-4-8-14)21-19-23-20-22-18(27)13-16(25(20)24-19)15-9-5-2-6-10-15/h1-12,16H,13H2,(H2,21,22,23,24,26,27)/b12-11+/t16-/m1/s1. The number of nitrogens with zero attached hydrogens (tertiary/aromatic N) is 3. The number of aromatic nitrogens is 3. The third-order valence-electron chi connectivity index (χ3n) is 4.20. The van der Waals surface area contributed by atoms with Crippen LogP contribution in [0.1, 0.15) is 23.6 Å². The molecule has 0 fully saturated rings. The van der Waals surface area contributed by atoms with Gasteiger partial charge in [-0.2, -0.15) is 4.98 Å². The molecule has 0 bridgehead atoms. The van der Waals surface area contributed by atoms with E-state index in [-0.39, 0.29) is 30.2 Å². The lowest BCUT2D eigenvalue weighted by molar-refractivity contribution is -0.117. The van der Waals surface area contributed by atoms with E-state index < -0.39 is 0 Å². The fourth-order valence-electron chi connectivity index (χ4n) is 2.94. The zero-order valence-electron chi connectivity index (χ0n) is 14.4. The highest BCUT2D eigenvalue weighted by atomic mass is 16.2. The van der Waals surface area contributed by atoms with Crippen molar-refractivity contribution in [1.29, 1.82) is 0 Å². The molecule has 0 spiro atoms. The van der Waals surface area contributed by atoms with Gasteiger partial charge in [-0.25, -0.2) is 4.68 Å². The molecule has 2 aromatic carbocycles. The second-order valence-corrected chi connectivity index (χ2v) is 6.12. The fraction of sp³-hybridized carbons (Fsp3) is 0.100. The van der Waals surface area contributed by atoms with Gasteiger partial charge in [0.2, 0.25) is 11.9 Å². The van der Waals surface area contributed by atoms with Gasteiger partial charge < -0.3 is 0 Å². The Morgan fingerprint density at radius 2 is 1.81 bits per heavy atom. The van der Waals surface area contributed by atoms with E-state index in [1.807, 2.05) is 60.7 Å². The molecular formula is C20H17N5O2. The van der Waals surface area contributed by atoms with Crippen molar-refractivity contribution in [3.8, 4) is 0 Å². The quantitative estimate of drug-likeness (QED) is 0.701. The van der Waals surface area contributed by atoms with Crippen LogP contribution in [0.3, 0.4) is 0 Å². The summed E-state index contributed by atoms with van der Waals surface area (Å²) in [5, 5.41) is 9.69. The molecule has 1 atom stereocenters. The van der Waals surface area contributed by atoms with Gasteiger partial charge in [0.25, 0.3) is 11.9 Å². The van der Waals surface area contributed by atoms with Crippen molar-refractivity contribution in [3.63, 3.8) is 0 Å². The first-order valence-corrected chi connectivity index (χ1v) is 8.54. The summed E-state index contributed by atoms with van der Waals surface area (Å²) in [5.41, 5.74) is 1.88. The molecule has 7 heteroatoms. The molecule has 4 rings (SSSR count). The van der Waals surface area contributed by atoms with Gasteiger partial charge in [-0.15, -0.1) is 5.10 Å². The molecule has 7 nitrogen and oxygen atoms in total. The van der Waals surface area contributed by atoms with Crippen LogP contribution in [0.2, 0.25) is 0 Å². The van der Waals surface area contributed by atoms with Gasteiger partial charge in [0.05, 0.1) is 12.5 Å². The molecule has 2 heterocycles. The molecule has 1 aromatic heterocycles. The number of benzene rings is 2. The van der Waals surface area contributed by atoms with Crippen LogP contribution in [-0.4, -0.2) is 26.6 Å². The highest BCUT2D eigenvalue weighted by molar-refractivity contribution is 6.01. The Labute approximate surface area is 155 Å². The molecular weight excluding hydrogens is 342 g/mol. The minimum absolute atomic E-state index is 0.134. The molecule has 0 saturated heterocycles. The number of rotatable bonds is 4. The van der Waals surface area contributed by atoms with Crippen LogP contribution in [0.15, 0.2) is 66.7 Å². The topological polar surface area (TPSA) is 88.9 Å². The van der Waals surface area contributed by atoms with E-state index in [2.05, 4.69) is 20.7 Å². The average Bonchev–Trinajstić information content (AvgIpc) is 3.09. The second kappa shape index (κ2) is 7.25. The van der Waals surface area contributed by atoms with E-state index in [1.54, 1.807) is 10.8 Å². The van der Waals surface area contributed by atoms with Crippen molar-refractivity contribution in [2.75, 3.05) is 10.6 Å². The van der Waals surface area contributed by atoms with Gasteiger partial charge in [-0.1, -0.05) is 60.7 Å². The van der Waals surface area contributed by atoms with Crippen molar-refractivity contribution in [1.82, 2.24) is 14.8 Å². The van der Waals surface area contributed by atoms with Gasteiger partial charge in [-0.05, 0) is 17.2 Å². The molecule has 3 aromatic rings. The number of fused-ring (bicyclic) bond motifs is 1. The highest BCUT2D eigenvalue weighted by Gasteiger charge is 2.29. The van der Waals surface area contributed by atoms with E-state index >= 15 is 0 Å². The van der Waals surface area contributed by atoms with Gasteiger partial charge in [0.1, 0.15) is 0 Å². The molecule has 27 heavy (non-hydrogen) atoms. The van der Waals surface area contributed by atoms with Crippen LogP contribution < -0.4 is 10.6 Å². The summed E-state index contributed by atoms with van der Waals surface area (Å²) in [6.45, 7) is 0. The lowest BCUT2D eigenvalue weighted by atomic mass is 10.0. The van der Waals surface area contributed by atoms with Crippen molar-refractivity contribution in [3.05, 3.63) is 77.9 Å². The number of nitrogens with one attached hydrogen (secondary N) is 2. The van der Waals surface area contributed by atoms with Gasteiger partial charge in [-0.3, -0.25) is 20.2 Å². The van der Waals surface area contributed by atoms with E-state index in [4.69, 9.17) is 0 Å². The maximum absolute atomic E-state index is 12.1. The van der Waals surface area contributed by atoms with Crippen molar-refractivity contribution < 1.29 is 9.59 Å². The summed E-state index contributed by atoms with van der Waals surface area (Å²) in [6.07, 6.45) is 3.39. The molecule has 0 unspecified atom stereocenters. The predicted molar refractivity (Wildman–Crippen MR) is 102 cm³/mol. The first-order valence-electron chi connectivity index (χ1n) is 8.54. The van der Waals surface area contributed by atoms with Crippen molar-refractivity contribution >= 4 is 29.8 Å². The number of amides is 2.